The van der Waals surface area contributed by atoms with Crippen LogP contribution in [0.2, 0.25) is 0 Å². The molecule has 0 saturated heterocycles. The van der Waals surface area contributed by atoms with Gasteiger partial charge in [0.15, 0.2) is 11.5 Å². The number of fused-ring (bicyclic) bond motifs is 1. The Morgan fingerprint density at radius 2 is 2.12 bits per heavy atom. The van der Waals surface area contributed by atoms with Crippen LogP contribution in [0.1, 0.15) is 11.1 Å². The highest BCUT2D eigenvalue weighted by Crippen LogP contribution is 2.34. The third kappa shape index (κ3) is 2.51. The SMILES string of the molecule is COC(=O)C#CCc1cc2c(cc1C)OCO2. The van der Waals surface area contributed by atoms with Crippen molar-refractivity contribution in [3.8, 4) is 23.3 Å². The van der Waals surface area contributed by atoms with E-state index in [1.54, 1.807) is 0 Å². The smallest absolute Gasteiger partial charge is 0.384 e. The second-order valence-electron chi connectivity index (χ2n) is 3.60. The molecule has 1 aliphatic rings. The lowest BCUT2D eigenvalue weighted by Crippen LogP contribution is -1.95. The van der Waals surface area contributed by atoms with Crippen LogP contribution >= 0.6 is 0 Å². The summed E-state index contributed by atoms with van der Waals surface area (Å²) in [5, 5.41) is 0. The normalized spacial score (nSPS) is 11.6. The van der Waals surface area contributed by atoms with Gasteiger partial charge in [-0.15, -0.1) is 0 Å². The second kappa shape index (κ2) is 4.79. The van der Waals surface area contributed by atoms with Gasteiger partial charge in [0.25, 0.3) is 0 Å². The summed E-state index contributed by atoms with van der Waals surface area (Å²) in [6, 6.07) is 3.81. The van der Waals surface area contributed by atoms with E-state index in [2.05, 4.69) is 16.6 Å². The molecule has 0 unspecified atom stereocenters. The van der Waals surface area contributed by atoms with Crippen molar-refractivity contribution in [3.05, 3.63) is 23.3 Å². The summed E-state index contributed by atoms with van der Waals surface area (Å²) >= 11 is 0. The molecular formula is C13H12O4. The van der Waals surface area contributed by atoms with Gasteiger partial charge < -0.3 is 14.2 Å². The molecular weight excluding hydrogens is 220 g/mol. The molecule has 1 aromatic rings. The van der Waals surface area contributed by atoms with E-state index in [0.29, 0.717) is 6.42 Å². The summed E-state index contributed by atoms with van der Waals surface area (Å²) in [5.74, 6) is 6.12. The molecule has 0 saturated carbocycles. The Kier molecular flexibility index (Phi) is 3.20. The van der Waals surface area contributed by atoms with E-state index in [-0.39, 0.29) is 6.79 Å². The van der Waals surface area contributed by atoms with Gasteiger partial charge in [-0.3, -0.25) is 0 Å². The van der Waals surface area contributed by atoms with E-state index in [4.69, 9.17) is 9.47 Å². The van der Waals surface area contributed by atoms with Crippen molar-refractivity contribution in [1.82, 2.24) is 0 Å². The monoisotopic (exact) mass is 232 g/mol. The third-order valence-electron chi connectivity index (χ3n) is 2.49. The van der Waals surface area contributed by atoms with Gasteiger partial charge in [0.1, 0.15) is 0 Å². The van der Waals surface area contributed by atoms with Gasteiger partial charge in [0.05, 0.1) is 7.11 Å². The molecule has 2 rings (SSSR count). The van der Waals surface area contributed by atoms with E-state index in [0.717, 1.165) is 22.6 Å². The topological polar surface area (TPSA) is 44.8 Å². The molecule has 88 valence electrons. The van der Waals surface area contributed by atoms with E-state index < -0.39 is 5.97 Å². The van der Waals surface area contributed by atoms with Gasteiger partial charge in [-0.25, -0.2) is 4.79 Å². The third-order valence-corrected chi connectivity index (χ3v) is 2.49. The van der Waals surface area contributed by atoms with Crippen molar-refractivity contribution in [2.75, 3.05) is 13.9 Å². The molecule has 1 aliphatic heterocycles. The zero-order chi connectivity index (χ0) is 12.3. The Hall–Kier alpha value is -2.15. The number of carbonyl (C=O) groups is 1. The summed E-state index contributed by atoms with van der Waals surface area (Å²) in [6.07, 6.45) is 0.484. The first kappa shape index (κ1) is 11.3. The largest absolute Gasteiger partial charge is 0.459 e. The van der Waals surface area contributed by atoms with E-state index >= 15 is 0 Å². The zero-order valence-electron chi connectivity index (χ0n) is 9.70. The van der Waals surface area contributed by atoms with E-state index in [1.165, 1.54) is 7.11 Å². The highest BCUT2D eigenvalue weighted by atomic mass is 16.7. The lowest BCUT2D eigenvalue weighted by Gasteiger charge is -2.03. The molecule has 0 aromatic heterocycles. The average molecular weight is 232 g/mol. The Balaban J connectivity index is 2.16. The molecule has 0 radical (unpaired) electrons. The van der Waals surface area contributed by atoms with Gasteiger partial charge in [0.2, 0.25) is 6.79 Å². The maximum Gasteiger partial charge on any atom is 0.384 e. The van der Waals surface area contributed by atoms with Crippen molar-refractivity contribution in [1.29, 1.82) is 0 Å². The average Bonchev–Trinajstić information content (AvgIpc) is 2.76. The zero-order valence-corrected chi connectivity index (χ0v) is 9.70. The fourth-order valence-electron chi connectivity index (χ4n) is 1.54. The first-order valence-corrected chi connectivity index (χ1v) is 5.16. The minimum atomic E-state index is -0.525. The van der Waals surface area contributed by atoms with Crippen LogP contribution in [-0.4, -0.2) is 19.9 Å². The summed E-state index contributed by atoms with van der Waals surface area (Å²) in [7, 11) is 1.31. The summed E-state index contributed by atoms with van der Waals surface area (Å²) in [4.78, 5) is 10.8. The molecule has 0 fully saturated rings. The van der Waals surface area contributed by atoms with Crippen LogP contribution in [0.15, 0.2) is 12.1 Å². The second-order valence-corrected chi connectivity index (χ2v) is 3.60. The van der Waals surface area contributed by atoms with Crippen LogP contribution in [0, 0.1) is 18.8 Å². The minimum Gasteiger partial charge on any atom is -0.459 e. The van der Waals surface area contributed by atoms with Crippen molar-refractivity contribution < 1.29 is 19.0 Å². The first-order chi connectivity index (χ1) is 8.20. The molecule has 0 N–H and O–H groups in total. The van der Waals surface area contributed by atoms with Crippen LogP contribution in [0.25, 0.3) is 0 Å². The molecule has 1 aromatic carbocycles. The molecule has 0 spiro atoms. The molecule has 4 heteroatoms. The Bertz CT molecular complexity index is 508. The highest BCUT2D eigenvalue weighted by Gasteiger charge is 2.14. The lowest BCUT2D eigenvalue weighted by molar-refractivity contribution is -0.133. The maximum atomic E-state index is 10.8. The summed E-state index contributed by atoms with van der Waals surface area (Å²) in [5.41, 5.74) is 2.08. The highest BCUT2D eigenvalue weighted by molar-refractivity contribution is 5.88. The van der Waals surface area contributed by atoms with Crippen molar-refractivity contribution in [3.63, 3.8) is 0 Å². The van der Waals surface area contributed by atoms with Gasteiger partial charge in [-0.2, -0.15) is 0 Å². The van der Waals surface area contributed by atoms with E-state index in [1.807, 2.05) is 19.1 Å². The van der Waals surface area contributed by atoms with Crippen LogP contribution in [0.5, 0.6) is 11.5 Å². The minimum absolute atomic E-state index is 0.256. The first-order valence-electron chi connectivity index (χ1n) is 5.16. The molecule has 0 amide bonds. The van der Waals surface area contributed by atoms with Gasteiger partial charge in [-0.1, -0.05) is 5.92 Å². The Morgan fingerprint density at radius 1 is 1.41 bits per heavy atom. The lowest BCUT2D eigenvalue weighted by atomic mass is 10.1. The molecule has 0 aliphatic carbocycles. The standard InChI is InChI=1S/C13H12O4/c1-9-6-11-12(17-8-16-11)7-10(9)4-3-5-13(14)15-2/h6-7H,4,8H2,1-2H3. The molecule has 17 heavy (non-hydrogen) atoms. The van der Waals surface area contributed by atoms with Crippen molar-refractivity contribution in [2.45, 2.75) is 13.3 Å². The number of rotatable bonds is 1. The predicted octanol–water partition coefficient (Wildman–Crippen LogP) is 1.44. The fourth-order valence-corrected chi connectivity index (χ4v) is 1.54. The van der Waals surface area contributed by atoms with Gasteiger partial charge in [-0.05, 0) is 30.2 Å². The number of benzene rings is 1. The maximum absolute atomic E-state index is 10.8. The number of ether oxygens (including phenoxy) is 3. The molecule has 0 bridgehead atoms. The number of methoxy groups -OCH3 is 1. The summed E-state index contributed by atoms with van der Waals surface area (Å²) < 4.78 is 15.0. The van der Waals surface area contributed by atoms with Crippen LogP contribution < -0.4 is 9.47 Å². The van der Waals surface area contributed by atoms with Gasteiger partial charge in [0, 0.05) is 12.3 Å². The van der Waals surface area contributed by atoms with Crippen LogP contribution in [-0.2, 0) is 16.0 Å². The fraction of sp³-hybridized carbons (Fsp3) is 0.308. The molecule has 4 nitrogen and oxygen atoms in total. The number of hydrogen-bond acceptors (Lipinski definition) is 4. The van der Waals surface area contributed by atoms with Crippen molar-refractivity contribution >= 4 is 5.97 Å². The van der Waals surface area contributed by atoms with Crippen LogP contribution in [0.3, 0.4) is 0 Å². The Morgan fingerprint density at radius 3 is 2.82 bits per heavy atom. The van der Waals surface area contributed by atoms with Crippen LogP contribution in [0.4, 0.5) is 0 Å². The van der Waals surface area contributed by atoms with E-state index in [9.17, 15) is 4.79 Å². The molecule has 1 heterocycles. The number of carbonyl (C=O) groups excluding carboxylic acids is 1. The van der Waals surface area contributed by atoms with Gasteiger partial charge >= 0.3 is 5.97 Å². The number of aryl methyl sites for hydroxylation is 1. The predicted molar refractivity (Wildman–Crippen MR) is 60.8 cm³/mol. The summed E-state index contributed by atoms with van der Waals surface area (Å²) in [6.45, 7) is 2.23. The number of esters is 1. The van der Waals surface area contributed by atoms with Crippen molar-refractivity contribution in [2.24, 2.45) is 0 Å². The number of hydrogen-bond donors (Lipinski definition) is 0. The Labute approximate surface area is 99.5 Å². The molecule has 0 atom stereocenters. The quantitative estimate of drug-likeness (QED) is 0.417.